The summed E-state index contributed by atoms with van der Waals surface area (Å²) in [6, 6.07) is 3.53. The van der Waals surface area contributed by atoms with Crippen LogP contribution in [0.3, 0.4) is 0 Å². The predicted octanol–water partition coefficient (Wildman–Crippen LogP) is 4.29. The molecule has 0 unspecified atom stereocenters. The summed E-state index contributed by atoms with van der Waals surface area (Å²) in [7, 11) is 0. The van der Waals surface area contributed by atoms with Crippen LogP contribution >= 0.6 is 0 Å². The molecule has 0 saturated heterocycles. The Balaban J connectivity index is 1.87. The molecule has 126 valence electrons. The first kappa shape index (κ1) is 15.2. The lowest BCUT2D eigenvalue weighted by atomic mass is 9.83. The summed E-state index contributed by atoms with van der Waals surface area (Å²) in [4.78, 5) is 3.76. The smallest absolute Gasteiger partial charge is 0.303 e. The lowest BCUT2D eigenvalue weighted by Crippen LogP contribution is -2.25. The second-order valence-electron chi connectivity index (χ2n) is 6.21. The van der Waals surface area contributed by atoms with Crippen LogP contribution in [-0.2, 0) is 6.18 Å². The molecule has 2 heterocycles. The molecule has 0 aliphatic heterocycles. The van der Waals surface area contributed by atoms with Crippen molar-refractivity contribution in [1.29, 1.82) is 0 Å². The van der Waals surface area contributed by atoms with Crippen molar-refractivity contribution in [3.05, 3.63) is 41.6 Å². The molecule has 1 fully saturated rings. The average molecular weight is 338 g/mol. The normalized spacial score (nSPS) is 21.2. The Hall–Kier alpha value is -2.38. The van der Waals surface area contributed by atoms with E-state index >= 15 is 0 Å². The summed E-state index contributed by atoms with van der Waals surface area (Å²) < 4.78 is 53.8. The average Bonchev–Trinajstić information content (AvgIpc) is 3.09. The maximum absolute atomic E-state index is 13.2. The maximum Gasteiger partial charge on any atom is 0.434 e. The number of aromatic amines is 1. The topological polar surface area (TPSA) is 46.5 Å². The summed E-state index contributed by atoms with van der Waals surface area (Å²) in [5.41, 5.74) is 1.32. The second kappa shape index (κ2) is 5.06. The van der Waals surface area contributed by atoms with Crippen molar-refractivity contribution in [1.82, 2.24) is 19.7 Å². The SMILES string of the molecule is Cc1cc(-n2cc(C(F)(F)F)nc2C2CC(F)C2)cc2cn[nH]c12. The van der Waals surface area contributed by atoms with Crippen LogP contribution in [0.25, 0.3) is 16.6 Å². The maximum atomic E-state index is 13.2. The highest BCUT2D eigenvalue weighted by atomic mass is 19.4. The zero-order valence-corrected chi connectivity index (χ0v) is 12.7. The largest absolute Gasteiger partial charge is 0.434 e. The summed E-state index contributed by atoms with van der Waals surface area (Å²) in [5, 5.41) is 7.61. The molecule has 1 saturated carbocycles. The number of alkyl halides is 4. The molecule has 3 aromatic rings. The fourth-order valence-electron chi connectivity index (χ4n) is 3.14. The van der Waals surface area contributed by atoms with Gasteiger partial charge in [-0.1, -0.05) is 0 Å². The molecule has 24 heavy (non-hydrogen) atoms. The highest BCUT2D eigenvalue weighted by Crippen LogP contribution is 2.41. The number of nitrogens with one attached hydrogen (secondary N) is 1. The number of rotatable bonds is 2. The van der Waals surface area contributed by atoms with Crippen molar-refractivity contribution < 1.29 is 17.6 Å². The van der Waals surface area contributed by atoms with Crippen LogP contribution in [0.1, 0.15) is 35.8 Å². The zero-order chi connectivity index (χ0) is 17.1. The molecule has 0 atom stereocenters. The minimum absolute atomic E-state index is 0.210. The molecular formula is C16H14F4N4. The monoisotopic (exact) mass is 338 g/mol. The minimum Gasteiger partial charge on any atom is -0.303 e. The lowest BCUT2D eigenvalue weighted by Gasteiger charge is -2.29. The van der Waals surface area contributed by atoms with Gasteiger partial charge in [-0.25, -0.2) is 9.37 Å². The van der Waals surface area contributed by atoms with Crippen molar-refractivity contribution in [2.24, 2.45) is 0 Å². The fraction of sp³-hybridized carbons (Fsp3) is 0.375. The molecule has 1 aliphatic rings. The van der Waals surface area contributed by atoms with E-state index in [4.69, 9.17) is 0 Å². The molecular weight excluding hydrogens is 324 g/mol. The first-order chi connectivity index (χ1) is 11.3. The van der Waals surface area contributed by atoms with E-state index in [1.807, 2.05) is 6.92 Å². The third kappa shape index (κ3) is 2.37. The zero-order valence-electron chi connectivity index (χ0n) is 12.7. The van der Waals surface area contributed by atoms with Gasteiger partial charge in [-0.2, -0.15) is 18.3 Å². The van der Waals surface area contributed by atoms with E-state index in [1.165, 1.54) is 4.57 Å². The van der Waals surface area contributed by atoms with Gasteiger partial charge in [0.15, 0.2) is 5.69 Å². The van der Waals surface area contributed by atoms with Gasteiger partial charge in [0, 0.05) is 23.2 Å². The molecule has 0 spiro atoms. The van der Waals surface area contributed by atoms with Crippen molar-refractivity contribution in [3.8, 4) is 5.69 Å². The van der Waals surface area contributed by atoms with E-state index in [0.717, 1.165) is 22.7 Å². The molecule has 4 nitrogen and oxygen atoms in total. The number of fused-ring (bicyclic) bond motifs is 1. The quantitative estimate of drug-likeness (QED) is 0.709. The molecule has 1 N–H and O–H groups in total. The Morgan fingerprint density at radius 3 is 2.67 bits per heavy atom. The van der Waals surface area contributed by atoms with E-state index in [-0.39, 0.29) is 24.6 Å². The van der Waals surface area contributed by atoms with Crippen LogP contribution in [0.15, 0.2) is 24.5 Å². The van der Waals surface area contributed by atoms with E-state index in [1.54, 1.807) is 18.3 Å². The highest BCUT2D eigenvalue weighted by molar-refractivity contribution is 5.83. The van der Waals surface area contributed by atoms with Crippen LogP contribution in [0, 0.1) is 6.92 Å². The van der Waals surface area contributed by atoms with E-state index < -0.39 is 18.0 Å². The molecule has 8 heteroatoms. The van der Waals surface area contributed by atoms with Gasteiger partial charge in [-0.3, -0.25) is 5.10 Å². The van der Waals surface area contributed by atoms with Crippen LogP contribution in [0.4, 0.5) is 17.6 Å². The van der Waals surface area contributed by atoms with Gasteiger partial charge in [-0.05, 0) is 37.5 Å². The van der Waals surface area contributed by atoms with Gasteiger partial charge < -0.3 is 4.57 Å². The number of nitrogens with zero attached hydrogens (tertiary/aromatic N) is 3. The van der Waals surface area contributed by atoms with Gasteiger partial charge >= 0.3 is 6.18 Å². The van der Waals surface area contributed by atoms with Gasteiger partial charge in [0.2, 0.25) is 0 Å². The van der Waals surface area contributed by atoms with Crippen LogP contribution in [0.5, 0.6) is 0 Å². The van der Waals surface area contributed by atoms with Gasteiger partial charge in [0.25, 0.3) is 0 Å². The van der Waals surface area contributed by atoms with Gasteiger partial charge in [0.1, 0.15) is 12.0 Å². The molecule has 1 aromatic carbocycles. The number of aromatic nitrogens is 4. The highest BCUT2D eigenvalue weighted by Gasteiger charge is 2.39. The van der Waals surface area contributed by atoms with Crippen LogP contribution < -0.4 is 0 Å². The second-order valence-corrected chi connectivity index (χ2v) is 6.21. The van der Waals surface area contributed by atoms with Crippen molar-refractivity contribution >= 4 is 10.9 Å². The van der Waals surface area contributed by atoms with E-state index in [2.05, 4.69) is 15.2 Å². The van der Waals surface area contributed by atoms with Crippen molar-refractivity contribution in [2.75, 3.05) is 0 Å². The lowest BCUT2D eigenvalue weighted by molar-refractivity contribution is -0.141. The Morgan fingerprint density at radius 2 is 2.00 bits per heavy atom. The number of imidazole rings is 1. The molecule has 2 aromatic heterocycles. The Bertz CT molecular complexity index is 903. The van der Waals surface area contributed by atoms with Crippen LogP contribution in [-0.4, -0.2) is 25.9 Å². The molecule has 0 amide bonds. The van der Waals surface area contributed by atoms with Gasteiger partial charge in [-0.15, -0.1) is 0 Å². The molecule has 0 radical (unpaired) electrons. The number of H-pyrrole nitrogens is 1. The standard InChI is InChI=1S/C16H14F4N4/c1-8-2-12(5-10-6-21-23-14(8)10)24-7-13(16(18,19)20)22-15(24)9-3-11(17)4-9/h2,5-7,9,11H,3-4H2,1H3,(H,21,23). The third-order valence-electron chi connectivity index (χ3n) is 4.48. The number of hydrogen-bond donors (Lipinski definition) is 1. The van der Waals surface area contributed by atoms with Crippen LogP contribution in [0.2, 0.25) is 0 Å². The number of halogens is 4. The predicted molar refractivity (Wildman–Crippen MR) is 79.8 cm³/mol. The van der Waals surface area contributed by atoms with E-state index in [9.17, 15) is 17.6 Å². The first-order valence-electron chi connectivity index (χ1n) is 7.57. The number of hydrogen-bond acceptors (Lipinski definition) is 2. The Labute approximate surface area is 134 Å². The third-order valence-corrected chi connectivity index (χ3v) is 4.48. The summed E-state index contributed by atoms with van der Waals surface area (Å²) in [6.07, 6.45) is -2.47. The summed E-state index contributed by atoms with van der Waals surface area (Å²) in [6.45, 7) is 1.85. The first-order valence-corrected chi connectivity index (χ1v) is 7.57. The summed E-state index contributed by atoms with van der Waals surface area (Å²) >= 11 is 0. The number of aryl methyl sites for hydroxylation is 1. The van der Waals surface area contributed by atoms with E-state index in [0.29, 0.717) is 5.69 Å². The van der Waals surface area contributed by atoms with Gasteiger partial charge in [0.05, 0.1) is 11.7 Å². The Kier molecular flexibility index (Phi) is 3.20. The van der Waals surface area contributed by atoms with Crippen molar-refractivity contribution in [2.45, 2.75) is 38.0 Å². The fourth-order valence-corrected chi connectivity index (χ4v) is 3.14. The molecule has 4 rings (SSSR count). The molecule has 0 bridgehead atoms. The number of benzene rings is 1. The summed E-state index contributed by atoms with van der Waals surface area (Å²) in [5.74, 6) is -0.0325. The Morgan fingerprint density at radius 1 is 1.25 bits per heavy atom. The minimum atomic E-state index is -4.53. The molecule has 1 aliphatic carbocycles. The van der Waals surface area contributed by atoms with Crippen molar-refractivity contribution in [3.63, 3.8) is 0 Å².